The van der Waals surface area contributed by atoms with Gasteiger partial charge in [0, 0.05) is 12.5 Å². The van der Waals surface area contributed by atoms with E-state index in [2.05, 4.69) is 12.2 Å². The second-order valence-electron chi connectivity index (χ2n) is 3.56. The highest BCUT2D eigenvalue weighted by Crippen LogP contribution is 1.98. The highest BCUT2D eigenvalue weighted by molar-refractivity contribution is 5.81. The van der Waals surface area contributed by atoms with Crippen LogP contribution in [0.4, 0.5) is 0 Å². The summed E-state index contributed by atoms with van der Waals surface area (Å²) in [7, 11) is 0. The lowest BCUT2D eigenvalue weighted by Gasteiger charge is -2.12. The van der Waals surface area contributed by atoms with Crippen LogP contribution in [-0.4, -0.2) is 24.5 Å². The molecule has 0 aliphatic heterocycles. The molecule has 0 saturated carbocycles. The van der Waals surface area contributed by atoms with E-state index in [9.17, 15) is 9.59 Å². The molecule has 0 fully saturated rings. The van der Waals surface area contributed by atoms with Gasteiger partial charge in [0.15, 0.2) is 0 Å². The maximum absolute atomic E-state index is 11.3. The van der Waals surface area contributed by atoms with Gasteiger partial charge in [-0.1, -0.05) is 13.3 Å². The molecular formula is C11H21NO3. The van der Waals surface area contributed by atoms with Crippen molar-refractivity contribution < 1.29 is 14.3 Å². The Morgan fingerprint density at radius 1 is 1.27 bits per heavy atom. The van der Waals surface area contributed by atoms with Crippen LogP contribution in [0.15, 0.2) is 0 Å². The lowest BCUT2D eigenvalue weighted by Crippen LogP contribution is -2.32. The van der Waals surface area contributed by atoms with E-state index in [-0.39, 0.29) is 30.8 Å². The Hall–Kier alpha value is -1.06. The zero-order valence-electron chi connectivity index (χ0n) is 9.84. The van der Waals surface area contributed by atoms with Gasteiger partial charge >= 0.3 is 5.97 Å². The fraction of sp³-hybridized carbons (Fsp3) is 0.818. The van der Waals surface area contributed by atoms with Gasteiger partial charge in [0.25, 0.3) is 0 Å². The molecule has 4 heteroatoms. The van der Waals surface area contributed by atoms with Crippen molar-refractivity contribution in [2.75, 3.05) is 6.61 Å². The van der Waals surface area contributed by atoms with E-state index in [1.807, 2.05) is 6.92 Å². The minimum atomic E-state index is -0.309. The first-order valence-electron chi connectivity index (χ1n) is 5.55. The summed E-state index contributed by atoms with van der Waals surface area (Å²) in [6.45, 7) is 6.15. The Bertz CT molecular complexity index is 204. The van der Waals surface area contributed by atoms with Gasteiger partial charge < -0.3 is 10.1 Å². The standard InChI is InChI=1S/C11H21NO3/c1-4-6-9(3)12-10(13)7-8-11(14)15-5-2/h9H,4-8H2,1-3H3,(H,12,13). The van der Waals surface area contributed by atoms with Crippen molar-refractivity contribution in [3.05, 3.63) is 0 Å². The smallest absolute Gasteiger partial charge is 0.306 e. The second kappa shape index (κ2) is 8.26. The number of amides is 1. The van der Waals surface area contributed by atoms with Crippen LogP contribution >= 0.6 is 0 Å². The molecule has 1 atom stereocenters. The minimum absolute atomic E-state index is 0.0796. The van der Waals surface area contributed by atoms with Gasteiger partial charge in [-0.05, 0) is 20.3 Å². The quantitative estimate of drug-likeness (QED) is 0.657. The number of carbonyl (C=O) groups excluding carboxylic acids is 2. The number of hydrogen-bond donors (Lipinski definition) is 1. The summed E-state index contributed by atoms with van der Waals surface area (Å²) in [5.41, 5.74) is 0. The number of ether oxygens (including phenoxy) is 1. The average Bonchev–Trinajstić information content (AvgIpc) is 2.15. The van der Waals surface area contributed by atoms with Crippen molar-refractivity contribution in [2.24, 2.45) is 0 Å². The van der Waals surface area contributed by atoms with Crippen LogP contribution in [0.2, 0.25) is 0 Å². The van der Waals surface area contributed by atoms with Gasteiger partial charge in [-0.2, -0.15) is 0 Å². The van der Waals surface area contributed by atoms with Gasteiger partial charge in [-0.25, -0.2) is 0 Å². The molecule has 0 saturated heterocycles. The molecular weight excluding hydrogens is 194 g/mol. The summed E-state index contributed by atoms with van der Waals surface area (Å²) < 4.78 is 4.73. The van der Waals surface area contributed by atoms with Crippen molar-refractivity contribution >= 4 is 11.9 Å². The Kier molecular flexibility index (Phi) is 7.68. The second-order valence-corrected chi connectivity index (χ2v) is 3.56. The van der Waals surface area contributed by atoms with E-state index in [0.717, 1.165) is 12.8 Å². The zero-order chi connectivity index (χ0) is 11.7. The lowest BCUT2D eigenvalue weighted by atomic mass is 10.2. The van der Waals surface area contributed by atoms with Crippen LogP contribution in [0.25, 0.3) is 0 Å². The minimum Gasteiger partial charge on any atom is -0.466 e. The highest BCUT2D eigenvalue weighted by Gasteiger charge is 2.09. The van der Waals surface area contributed by atoms with Crippen molar-refractivity contribution in [1.29, 1.82) is 0 Å². The third-order valence-electron chi connectivity index (χ3n) is 1.99. The summed E-state index contributed by atoms with van der Waals surface area (Å²) in [4.78, 5) is 22.3. The van der Waals surface area contributed by atoms with Crippen LogP contribution in [0.5, 0.6) is 0 Å². The maximum atomic E-state index is 11.3. The molecule has 0 aliphatic rings. The van der Waals surface area contributed by atoms with E-state index in [1.54, 1.807) is 6.92 Å². The number of esters is 1. The Morgan fingerprint density at radius 2 is 1.93 bits per heavy atom. The summed E-state index contributed by atoms with van der Waals surface area (Å²) in [5.74, 6) is -0.389. The monoisotopic (exact) mass is 215 g/mol. The molecule has 1 N–H and O–H groups in total. The van der Waals surface area contributed by atoms with Crippen LogP contribution in [-0.2, 0) is 14.3 Å². The molecule has 1 amide bonds. The molecule has 0 bridgehead atoms. The molecule has 88 valence electrons. The topological polar surface area (TPSA) is 55.4 Å². The summed E-state index contributed by atoms with van der Waals surface area (Å²) >= 11 is 0. The van der Waals surface area contributed by atoms with E-state index in [4.69, 9.17) is 4.74 Å². The van der Waals surface area contributed by atoms with Crippen LogP contribution in [0.3, 0.4) is 0 Å². The van der Waals surface area contributed by atoms with E-state index >= 15 is 0 Å². The normalized spacial score (nSPS) is 11.9. The first kappa shape index (κ1) is 13.9. The Balaban J connectivity index is 3.61. The van der Waals surface area contributed by atoms with Gasteiger partial charge in [0.1, 0.15) is 0 Å². The molecule has 0 aromatic rings. The van der Waals surface area contributed by atoms with Crippen molar-refractivity contribution in [1.82, 2.24) is 5.32 Å². The van der Waals surface area contributed by atoms with Crippen molar-refractivity contribution in [3.63, 3.8) is 0 Å². The molecule has 15 heavy (non-hydrogen) atoms. The van der Waals surface area contributed by atoms with Gasteiger partial charge in [-0.15, -0.1) is 0 Å². The first-order chi connectivity index (χ1) is 7.10. The largest absolute Gasteiger partial charge is 0.466 e. The predicted octanol–water partition coefficient (Wildman–Crippen LogP) is 1.63. The number of rotatable bonds is 7. The number of hydrogen-bond acceptors (Lipinski definition) is 3. The van der Waals surface area contributed by atoms with Crippen molar-refractivity contribution in [2.45, 2.75) is 52.5 Å². The Labute approximate surface area is 91.4 Å². The van der Waals surface area contributed by atoms with E-state index in [0.29, 0.717) is 6.61 Å². The van der Waals surface area contributed by atoms with Gasteiger partial charge in [-0.3, -0.25) is 9.59 Å². The third-order valence-corrected chi connectivity index (χ3v) is 1.99. The summed E-state index contributed by atoms with van der Waals surface area (Å²) in [5, 5.41) is 2.83. The molecule has 4 nitrogen and oxygen atoms in total. The van der Waals surface area contributed by atoms with Crippen LogP contribution in [0.1, 0.15) is 46.5 Å². The lowest BCUT2D eigenvalue weighted by molar-refractivity contribution is -0.144. The van der Waals surface area contributed by atoms with E-state index in [1.165, 1.54) is 0 Å². The summed E-state index contributed by atoms with van der Waals surface area (Å²) in [6, 6.07) is 0.185. The van der Waals surface area contributed by atoms with Gasteiger partial charge in [0.2, 0.25) is 5.91 Å². The maximum Gasteiger partial charge on any atom is 0.306 e. The van der Waals surface area contributed by atoms with Crippen molar-refractivity contribution in [3.8, 4) is 0 Å². The van der Waals surface area contributed by atoms with Gasteiger partial charge in [0.05, 0.1) is 13.0 Å². The Morgan fingerprint density at radius 3 is 2.47 bits per heavy atom. The molecule has 0 aromatic heterocycles. The molecule has 0 spiro atoms. The fourth-order valence-electron chi connectivity index (χ4n) is 1.30. The predicted molar refractivity (Wildman–Crippen MR) is 58.4 cm³/mol. The third kappa shape index (κ3) is 7.97. The summed E-state index contributed by atoms with van der Waals surface area (Å²) in [6.07, 6.45) is 2.38. The molecule has 0 rings (SSSR count). The first-order valence-corrected chi connectivity index (χ1v) is 5.55. The zero-order valence-corrected chi connectivity index (χ0v) is 9.84. The molecule has 1 unspecified atom stereocenters. The highest BCUT2D eigenvalue weighted by atomic mass is 16.5. The molecule has 0 aromatic carbocycles. The molecule has 0 heterocycles. The van der Waals surface area contributed by atoms with E-state index < -0.39 is 0 Å². The fourth-order valence-corrected chi connectivity index (χ4v) is 1.30. The number of nitrogens with one attached hydrogen (secondary N) is 1. The molecule has 0 radical (unpaired) electrons. The van der Waals surface area contributed by atoms with Crippen LogP contribution < -0.4 is 5.32 Å². The average molecular weight is 215 g/mol. The number of carbonyl (C=O) groups is 2. The van der Waals surface area contributed by atoms with Crippen LogP contribution in [0, 0.1) is 0 Å². The SMILES string of the molecule is CCCC(C)NC(=O)CCC(=O)OCC. The molecule has 0 aliphatic carbocycles.